The van der Waals surface area contributed by atoms with E-state index in [1.54, 1.807) is 0 Å². The minimum atomic E-state index is 0. The molecule has 5 nitrogen and oxygen atoms in total. The zero-order valence-corrected chi connectivity index (χ0v) is 20.3. The van der Waals surface area contributed by atoms with Crippen LogP contribution in [0.5, 0.6) is 0 Å². The van der Waals surface area contributed by atoms with Crippen LogP contribution >= 0.6 is 24.0 Å². The predicted octanol–water partition coefficient (Wildman–Crippen LogP) is 3.73. The summed E-state index contributed by atoms with van der Waals surface area (Å²) in [7, 11) is 6.18. The molecule has 0 saturated heterocycles. The standard InChI is InChI=1S/C20H42N4O.HI/c1-7-25-13-12-20(10-8-9-11-20)16-23-19(21-4)22-15-18(24(5)6)14-17(2)3;/h17-18H,7-16H2,1-6H3,(H2,21,22,23);1H. The van der Waals surface area contributed by atoms with Gasteiger partial charge in [0.1, 0.15) is 0 Å². The first-order chi connectivity index (χ1) is 11.9. The van der Waals surface area contributed by atoms with Crippen molar-refractivity contribution >= 4 is 29.9 Å². The molecule has 0 aliphatic heterocycles. The van der Waals surface area contributed by atoms with E-state index < -0.39 is 0 Å². The molecule has 26 heavy (non-hydrogen) atoms. The SMILES string of the molecule is CCOCCC1(CNC(=NC)NCC(CC(C)C)N(C)C)CCCC1.I. The second-order valence-corrected chi connectivity index (χ2v) is 8.21. The number of halogens is 1. The lowest BCUT2D eigenvalue weighted by atomic mass is 9.83. The number of nitrogens with one attached hydrogen (secondary N) is 2. The predicted molar refractivity (Wildman–Crippen MR) is 124 cm³/mol. The van der Waals surface area contributed by atoms with E-state index in [0.29, 0.717) is 17.4 Å². The molecule has 0 heterocycles. The van der Waals surface area contributed by atoms with Crippen LogP contribution in [-0.2, 0) is 4.74 Å². The van der Waals surface area contributed by atoms with Crippen molar-refractivity contribution in [1.82, 2.24) is 15.5 Å². The molecule has 1 fully saturated rings. The molecule has 0 radical (unpaired) electrons. The fraction of sp³-hybridized carbons (Fsp3) is 0.950. The van der Waals surface area contributed by atoms with E-state index in [1.807, 2.05) is 7.05 Å². The third-order valence-electron chi connectivity index (χ3n) is 5.48. The first-order valence-corrected chi connectivity index (χ1v) is 10.1. The van der Waals surface area contributed by atoms with Crippen molar-refractivity contribution in [3.63, 3.8) is 0 Å². The average molecular weight is 482 g/mol. The third-order valence-corrected chi connectivity index (χ3v) is 5.48. The number of guanidine groups is 1. The van der Waals surface area contributed by atoms with Gasteiger partial charge in [-0.2, -0.15) is 0 Å². The highest BCUT2D eigenvalue weighted by atomic mass is 127. The van der Waals surface area contributed by atoms with E-state index in [9.17, 15) is 0 Å². The Morgan fingerprint density at radius 1 is 1.19 bits per heavy atom. The highest BCUT2D eigenvalue weighted by molar-refractivity contribution is 14.0. The van der Waals surface area contributed by atoms with Gasteiger partial charge in [-0.05, 0) is 58.0 Å². The summed E-state index contributed by atoms with van der Waals surface area (Å²) in [4.78, 5) is 6.74. The number of hydrogen-bond donors (Lipinski definition) is 2. The van der Waals surface area contributed by atoms with Gasteiger partial charge in [-0.1, -0.05) is 26.7 Å². The van der Waals surface area contributed by atoms with E-state index >= 15 is 0 Å². The summed E-state index contributed by atoms with van der Waals surface area (Å²) in [5, 5.41) is 7.12. The molecule has 0 aromatic rings. The van der Waals surface area contributed by atoms with Gasteiger partial charge in [0.2, 0.25) is 0 Å². The molecule has 1 unspecified atom stereocenters. The van der Waals surface area contributed by atoms with Crippen LogP contribution in [0, 0.1) is 11.3 Å². The van der Waals surface area contributed by atoms with Crippen LogP contribution in [-0.4, -0.2) is 64.3 Å². The molecule has 0 spiro atoms. The molecule has 1 rings (SSSR count). The van der Waals surface area contributed by atoms with Gasteiger partial charge in [0.15, 0.2) is 5.96 Å². The number of rotatable bonds is 11. The molecule has 0 bridgehead atoms. The van der Waals surface area contributed by atoms with Gasteiger partial charge in [0.25, 0.3) is 0 Å². The lowest BCUT2D eigenvalue weighted by molar-refractivity contribution is 0.105. The molecular formula is C20H43IN4O. The van der Waals surface area contributed by atoms with Gasteiger partial charge < -0.3 is 20.3 Å². The molecule has 0 aromatic heterocycles. The summed E-state index contributed by atoms with van der Waals surface area (Å²) >= 11 is 0. The second-order valence-electron chi connectivity index (χ2n) is 8.21. The quantitative estimate of drug-likeness (QED) is 0.204. The number of likely N-dealkylation sites (N-methyl/N-ethyl adjacent to an activating group) is 1. The molecule has 0 aromatic carbocycles. The van der Waals surface area contributed by atoms with E-state index in [2.05, 4.69) is 55.4 Å². The van der Waals surface area contributed by atoms with Gasteiger partial charge in [0, 0.05) is 39.4 Å². The van der Waals surface area contributed by atoms with Crippen molar-refractivity contribution in [2.24, 2.45) is 16.3 Å². The Kier molecular flexibility index (Phi) is 14.0. The van der Waals surface area contributed by atoms with Crippen molar-refractivity contribution in [2.45, 2.75) is 65.3 Å². The maximum absolute atomic E-state index is 5.62. The van der Waals surface area contributed by atoms with Gasteiger partial charge in [-0.3, -0.25) is 4.99 Å². The monoisotopic (exact) mass is 482 g/mol. The normalized spacial score (nSPS) is 18.1. The van der Waals surface area contributed by atoms with Crippen LogP contribution in [0.4, 0.5) is 0 Å². The number of aliphatic imine (C=N–C) groups is 1. The molecule has 1 aliphatic rings. The maximum atomic E-state index is 5.62. The number of hydrogen-bond acceptors (Lipinski definition) is 3. The fourth-order valence-electron chi connectivity index (χ4n) is 3.80. The summed E-state index contributed by atoms with van der Waals surface area (Å²) in [6, 6.07) is 0.525. The average Bonchev–Trinajstić information content (AvgIpc) is 3.02. The zero-order chi connectivity index (χ0) is 18.7. The molecule has 0 amide bonds. The molecule has 6 heteroatoms. The van der Waals surface area contributed by atoms with Gasteiger partial charge >= 0.3 is 0 Å². The van der Waals surface area contributed by atoms with Crippen LogP contribution in [0.3, 0.4) is 0 Å². The van der Waals surface area contributed by atoms with E-state index in [0.717, 1.165) is 38.7 Å². The second kappa shape index (κ2) is 14.0. The Morgan fingerprint density at radius 2 is 1.85 bits per heavy atom. The van der Waals surface area contributed by atoms with Crippen molar-refractivity contribution in [3.8, 4) is 0 Å². The highest BCUT2D eigenvalue weighted by Gasteiger charge is 2.33. The molecule has 1 atom stereocenters. The minimum absolute atomic E-state index is 0. The summed E-state index contributed by atoms with van der Waals surface area (Å²) < 4.78 is 5.62. The lowest BCUT2D eigenvalue weighted by Crippen LogP contribution is -2.48. The zero-order valence-electron chi connectivity index (χ0n) is 17.9. The summed E-state index contributed by atoms with van der Waals surface area (Å²) in [6.45, 7) is 10.3. The van der Waals surface area contributed by atoms with Crippen molar-refractivity contribution in [2.75, 3.05) is 47.4 Å². The van der Waals surface area contributed by atoms with Crippen LogP contribution in [0.25, 0.3) is 0 Å². The first kappa shape index (κ1) is 25.9. The van der Waals surface area contributed by atoms with E-state index in [1.165, 1.54) is 32.1 Å². The highest BCUT2D eigenvalue weighted by Crippen LogP contribution is 2.40. The van der Waals surface area contributed by atoms with Crippen molar-refractivity contribution in [3.05, 3.63) is 0 Å². The Balaban J connectivity index is 0.00000625. The largest absolute Gasteiger partial charge is 0.382 e. The van der Waals surface area contributed by atoms with Crippen molar-refractivity contribution in [1.29, 1.82) is 0 Å². The number of nitrogens with zero attached hydrogens (tertiary/aromatic N) is 2. The van der Waals surface area contributed by atoms with Gasteiger partial charge in [-0.25, -0.2) is 0 Å². The molecule has 1 saturated carbocycles. The van der Waals surface area contributed by atoms with Crippen LogP contribution < -0.4 is 10.6 Å². The third kappa shape index (κ3) is 9.74. The summed E-state index contributed by atoms with van der Waals surface area (Å²) in [5.74, 6) is 1.63. The van der Waals surface area contributed by atoms with Crippen LogP contribution in [0.2, 0.25) is 0 Å². The van der Waals surface area contributed by atoms with Gasteiger partial charge in [-0.15, -0.1) is 24.0 Å². The fourth-order valence-corrected chi connectivity index (χ4v) is 3.80. The Morgan fingerprint density at radius 3 is 2.35 bits per heavy atom. The molecule has 1 aliphatic carbocycles. The summed E-state index contributed by atoms with van der Waals surface area (Å²) in [6.07, 6.45) is 7.64. The lowest BCUT2D eigenvalue weighted by Gasteiger charge is -2.31. The van der Waals surface area contributed by atoms with E-state index in [4.69, 9.17) is 4.74 Å². The topological polar surface area (TPSA) is 48.9 Å². The van der Waals surface area contributed by atoms with Gasteiger partial charge in [0.05, 0.1) is 0 Å². The first-order valence-electron chi connectivity index (χ1n) is 10.1. The van der Waals surface area contributed by atoms with E-state index in [-0.39, 0.29) is 24.0 Å². The van der Waals surface area contributed by atoms with Crippen LogP contribution in [0.15, 0.2) is 4.99 Å². The Hall–Kier alpha value is -0.0800. The number of ether oxygens (including phenoxy) is 1. The van der Waals surface area contributed by atoms with Crippen molar-refractivity contribution < 1.29 is 4.74 Å². The molecule has 156 valence electrons. The Bertz CT molecular complexity index is 382. The summed E-state index contributed by atoms with van der Waals surface area (Å²) in [5.41, 5.74) is 0.381. The molecule has 2 N–H and O–H groups in total. The smallest absolute Gasteiger partial charge is 0.191 e. The van der Waals surface area contributed by atoms with Crippen LogP contribution in [0.1, 0.15) is 59.3 Å². The maximum Gasteiger partial charge on any atom is 0.191 e. The Labute approximate surface area is 179 Å². The molecular weight excluding hydrogens is 439 g/mol. The minimum Gasteiger partial charge on any atom is -0.382 e.